The van der Waals surface area contributed by atoms with Crippen molar-refractivity contribution in [2.45, 2.75) is 64.0 Å². The summed E-state index contributed by atoms with van der Waals surface area (Å²) in [5.74, 6) is 3.81. The number of fused-ring (bicyclic) bond motifs is 6. The number of nitrogens with zero attached hydrogens (tertiary/aromatic N) is 3. The molecular weight excluding hydrogens is 466 g/mol. The minimum atomic E-state index is 0.322. The SMILES string of the molecule is COc1cc2c(cc1OCc1cscn1)CC[C@@H]1[C@@H]2CC[C@]2(C)C(n3cnc4ccccc43)CC[C@@H]12. The summed E-state index contributed by atoms with van der Waals surface area (Å²) < 4.78 is 14.5. The van der Waals surface area contributed by atoms with E-state index in [1.165, 1.54) is 48.7 Å². The Labute approximate surface area is 216 Å². The summed E-state index contributed by atoms with van der Waals surface area (Å²) in [4.78, 5) is 9.09. The molecule has 0 aliphatic heterocycles. The smallest absolute Gasteiger partial charge is 0.162 e. The molecule has 3 aliphatic rings. The van der Waals surface area contributed by atoms with Gasteiger partial charge in [0.2, 0.25) is 0 Å². The Morgan fingerprint density at radius 2 is 2.00 bits per heavy atom. The Bertz CT molecular complexity index is 1400. The minimum absolute atomic E-state index is 0.322. The number of thiazole rings is 1. The molecule has 3 aliphatic carbocycles. The first-order chi connectivity index (χ1) is 17.7. The fraction of sp³-hybridized carbons (Fsp3) is 0.467. The van der Waals surface area contributed by atoms with Gasteiger partial charge in [-0.05, 0) is 97.1 Å². The van der Waals surface area contributed by atoms with Gasteiger partial charge in [-0.25, -0.2) is 9.97 Å². The summed E-state index contributed by atoms with van der Waals surface area (Å²) in [5.41, 5.74) is 8.49. The maximum Gasteiger partial charge on any atom is 0.162 e. The number of benzene rings is 2. The zero-order chi connectivity index (χ0) is 24.3. The lowest BCUT2D eigenvalue weighted by Gasteiger charge is -2.51. The van der Waals surface area contributed by atoms with Gasteiger partial charge < -0.3 is 14.0 Å². The fourth-order valence-electron chi connectivity index (χ4n) is 7.97. The molecule has 5 nitrogen and oxygen atoms in total. The van der Waals surface area contributed by atoms with Gasteiger partial charge in [0.15, 0.2) is 11.5 Å². The first-order valence-electron chi connectivity index (χ1n) is 13.3. The van der Waals surface area contributed by atoms with Gasteiger partial charge in [-0.2, -0.15) is 0 Å². The zero-order valence-electron chi connectivity index (χ0n) is 21.0. The van der Waals surface area contributed by atoms with Gasteiger partial charge >= 0.3 is 0 Å². The Balaban J connectivity index is 1.17. The van der Waals surface area contributed by atoms with Crippen LogP contribution in [-0.2, 0) is 13.0 Å². The topological polar surface area (TPSA) is 49.2 Å². The minimum Gasteiger partial charge on any atom is -0.493 e. The predicted molar refractivity (Wildman–Crippen MR) is 143 cm³/mol. The summed E-state index contributed by atoms with van der Waals surface area (Å²) in [6.07, 6.45) is 9.57. The van der Waals surface area contributed by atoms with Gasteiger partial charge in [-0.3, -0.25) is 0 Å². The molecule has 7 rings (SSSR count). The summed E-state index contributed by atoms with van der Waals surface area (Å²) in [7, 11) is 1.76. The van der Waals surface area contributed by atoms with Crippen LogP contribution in [0.1, 0.15) is 67.8 Å². The van der Waals surface area contributed by atoms with E-state index >= 15 is 0 Å². The first-order valence-corrected chi connectivity index (χ1v) is 14.2. The van der Waals surface area contributed by atoms with E-state index < -0.39 is 0 Å². The van der Waals surface area contributed by atoms with Crippen molar-refractivity contribution in [3.63, 3.8) is 0 Å². The van der Waals surface area contributed by atoms with Crippen LogP contribution in [0.3, 0.4) is 0 Å². The molecule has 0 spiro atoms. The van der Waals surface area contributed by atoms with E-state index in [1.54, 1.807) is 18.4 Å². The number of aryl methyl sites for hydroxylation is 1. The third-order valence-corrected chi connectivity index (χ3v) is 10.3. The van der Waals surface area contributed by atoms with E-state index in [2.05, 4.69) is 59.2 Å². The van der Waals surface area contributed by atoms with Crippen LogP contribution in [0.4, 0.5) is 0 Å². The predicted octanol–water partition coefficient (Wildman–Crippen LogP) is 7.18. The van der Waals surface area contributed by atoms with Gasteiger partial charge in [0.05, 0.1) is 35.7 Å². The van der Waals surface area contributed by atoms with E-state index in [4.69, 9.17) is 14.5 Å². The number of methoxy groups -OCH3 is 1. The number of hydrogen-bond donors (Lipinski definition) is 0. The van der Waals surface area contributed by atoms with Gasteiger partial charge in [-0.15, -0.1) is 11.3 Å². The summed E-state index contributed by atoms with van der Waals surface area (Å²) in [6, 6.07) is 13.7. The lowest BCUT2D eigenvalue weighted by Crippen LogP contribution is -2.42. The normalized spacial score (nSPS) is 28.9. The molecule has 2 aromatic carbocycles. The second-order valence-corrected chi connectivity index (χ2v) is 11.9. The van der Waals surface area contributed by atoms with Crippen LogP contribution in [0.2, 0.25) is 0 Å². The van der Waals surface area contributed by atoms with E-state index in [0.717, 1.165) is 41.0 Å². The van der Waals surface area contributed by atoms with Crippen molar-refractivity contribution in [1.82, 2.24) is 14.5 Å². The maximum absolute atomic E-state index is 6.16. The highest BCUT2D eigenvalue weighted by Gasteiger charge is 2.55. The van der Waals surface area contributed by atoms with Crippen molar-refractivity contribution in [3.05, 3.63) is 70.4 Å². The van der Waals surface area contributed by atoms with Crippen LogP contribution in [0.15, 0.2) is 53.6 Å². The summed E-state index contributed by atoms with van der Waals surface area (Å²) in [5, 5.41) is 2.04. The van der Waals surface area contributed by atoms with Gasteiger partial charge in [0.1, 0.15) is 6.61 Å². The molecule has 5 atom stereocenters. The van der Waals surface area contributed by atoms with Gasteiger partial charge in [-0.1, -0.05) is 19.1 Å². The van der Waals surface area contributed by atoms with E-state index in [1.807, 2.05) is 10.9 Å². The van der Waals surface area contributed by atoms with Crippen LogP contribution < -0.4 is 9.47 Å². The molecule has 0 bridgehead atoms. The number of para-hydroxylation sites is 2. The highest BCUT2D eigenvalue weighted by molar-refractivity contribution is 7.07. The van der Waals surface area contributed by atoms with E-state index in [9.17, 15) is 0 Å². The maximum atomic E-state index is 6.16. The fourth-order valence-corrected chi connectivity index (χ4v) is 8.51. The Morgan fingerprint density at radius 3 is 2.86 bits per heavy atom. The summed E-state index contributed by atoms with van der Waals surface area (Å²) >= 11 is 1.60. The molecular formula is C30H33N3O2S. The molecule has 1 unspecified atom stereocenters. The Hall–Kier alpha value is -2.86. The number of rotatable bonds is 5. The standard InChI is InChI=1S/C30H33N3O2S/c1-30-12-11-21-22(24(30)9-10-29(30)33-17-31-25-5-3-4-6-26(25)33)8-7-19-13-28(27(34-2)14-23(19)21)35-15-20-16-36-18-32-20/h3-6,13-14,16-18,21-22,24,29H,7-12,15H2,1-2H3/t21-,22+,24-,29?,30-/m0/s1. The first kappa shape index (κ1) is 22.3. The van der Waals surface area contributed by atoms with Crippen molar-refractivity contribution < 1.29 is 9.47 Å². The van der Waals surface area contributed by atoms with E-state index in [0.29, 0.717) is 24.0 Å². The van der Waals surface area contributed by atoms with Crippen LogP contribution >= 0.6 is 11.3 Å². The Morgan fingerprint density at radius 1 is 1.08 bits per heavy atom. The van der Waals surface area contributed by atoms with Crippen LogP contribution in [0, 0.1) is 17.3 Å². The molecule has 2 heterocycles. The molecule has 2 aromatic heterocycles. The van der Waals surface area contributed by atoms with Gasteiger partial charge in [0.25, 0.3) is 0 Å². The summed E-state index contributed by atoms with van der Waals surface area (Å²) in [6.45, 7) is 3.06. The van der Waals surface area contributed by atoms with E-state index in [-0.39, 0.29) is 0 Å². The second-order valence-electron chi connectivity index (χ2n) is 11.2. The van der Waals surface area contributed by atoms with Gasteiger partial charge in [0, 0.05) is 11.4 Å². The largest absolute Gasteiger partial charge is 0.493 e. The molecule has 186 valence electrons. The highest BCUT2D eigenvalue weighted by atomic mass is 32.1. The van der Waals surface area contributed by atoms with Crippen molar-refractivity contribution in [3.8, 4) is 11.5 Å². The third-order valence-electron chi connectivity index (χ3n) is 9.63. The van der Waals surface area contributed by atoms with Crippen molar-refractivity contribution in [2.75, 3.05) is 7.11 Å². The third kappa shape index (κ3) is 3.41. The molecule has 0 amide bonds. The molecule has 36 heavy (non-hydrogen) atoms. The van der Waals surface area contributed by atoms with Crippen LogP contribution in [0.5, 0.6) is 11.5 Å². The molecule has 6 heteroatoms. The Kier molecular flexibility index (Phi) is 5.35. The molecule has 2 fully saturated rings. The number of ether oxygens (including phenoxy) is 2. The number of hydrogen-bond acceptors (Lipinski definition) is 5. The second kappa shape index (κ2) is 8.62. The number of imidazole rings is 1. The van der Waals surface area contributed by atoms with Crippen LogP contribution in [-0.4, -0.2) is 21.6 Å². The molecule has 2 saturated carbocycles. The van der Waals surface area contributed by atoms with Crippen molar-refractivity contribution in [2.24, 2.45) is 17.3 Å². The average Bonchev–Trinajstić information content (AvgIpc) is 3.65. The zero-order valence-corrected chi connectivity index (χ0v) is 21.8. The number of aromatic nitrogens is 3. The molecule has 4 aromatic rings. The molecule has 0 N–H and O–H groups in total. The van der Waals surface area contributed by atoms with Crippen molar-refractivity contribution in [1.29, 1.82) is 0 Å². The highest BCUT2D eigenvalue weighted by Crippen LogP contribution is 2.64. The average molecular weight is 500 g/mol. The molecule has 0 saturated heterocycles. The lowest BCUT2D eigenvalue weighted by molar-refractivity contribution is 0.0330. The lowest BCUT2D eigenvalue weighted by atomic mass is 9.55. The van der Waals surface area contributed by atoms with Crippen LogP contribution in [0.25, 0.3) is 11.0 Å². The monoisotopic (exact) mass is 499 g/mol. The van der Waals surface area contributed by atoms with Crippen molar-refractivity contribution >= 4 is 22.4 Å². The quantitative estimate of drug-likeness (QED) is 0.292. The molecule has 0 radical (unpaired) electrons.